The molecule has 0 fully saturated rings. The topological polar surface area (TPSA) is 90.4 Å². The predicted octanol–water partition coefficient (Wildman–Crippen LogP) is 4.41. The van der Waals surface area contributed by atoms with E-state index in [1.165, 1.54) is 31.8 Å². The molecule has 3 rings (SSSR count). The minimum Gasteiger partial charge on any atom is -0.493 e. The molecule has 11 heteroatoms. The van der Waals surface area contributed by atoms with Crippen molar-refractivity contribution in [2.24, 2.45) is 0 Å². The van der Waals surface area contributed by atoms with E-state index in [9.17, 15) is 12.8 Å². The minimum atomic E-state index is -3.05. The highest BCUT2D eigenvalue weighted by molar-refractivity contribution is 7.90. The summed E-state index contributed by atoms with van der Waals surface area (Å²) >= 11 is 5.79. The number of nitrogens with one attached hydrogen (secondary N) is 1. The normalized spacial score (nSPS) is 11.1. The van der Waals surface area contributed by atoms with Crippen LogP contribution in [0.3, 0.4) is 0 Å². The number of sulfone groups is 1. The SMILES string of the molecule is COc1cc2c(Nc3ccc(Cl)cc3F)ncnc2cc1OCCCS(C)(=O)=O.Cl. The molecule has 0 saturated carbocycles. The van der Waals surface area contributed by atoms with E-state index in [-0.39, 0.29) is 30.5 Å². The Morgan fingerprint density at radius 1 is 1.17 bits per heavy atom. The molecule has 2 aromatic carbocycles. The average molecular weight is 476 g/mol. The van der Waals surface area contributed by atoms with Gasteiger partial charge in [-0.25, -0.2) is 22.8 Å². The highest BCUT2D eigenvalue weighted by Crippen LogP contribution is 2.35. The van der Waals surface area contributed by atoms with Gasteiger partial charge in [-0.1, -0.05) is 11.6 Å². The van der Waals surface area contributed by atoms with E-state index in [2.05, 4.69) is 15.3 Å². The summed E-state index contributed by atoms with van der Waals surface area (Å²) in [4.78, 5) is 8.41. The van der Waals surface area contributed by atoms with Crippen molar-refractivity contribution in [1.82, 2.24) is 9.97 Å². The lowest BCUT2D eigenvalue weighted by Crippen LogP contribution is -2.08. The van der Waals surface area contributed by atoms with Gasteiger partial charge in [0.2, 0.25) is 0 Å². The van der Waals surface area contributed by atoms with Gasteiger partial charge in [0.05, 0.1) is 30.7 Å². The van der Waals surface area contributed by atoms with E-state index in [1.807, 2.05) is 0 Å². The van der Waals surface area contributed by atoms with E-state index < -0.39 is 15.7 Å². The second-order valence-corrected chi connectivity index (χ2v) is 9.02. The summed E-state index contributed by atoms with van der Waals surface area (Å²) in [7, 11) is -1.56. The predicted molar refractivity (Wildman–Crippen MR) is 118 cm³/mol. The molecule has 0 unspecified atom stereocenters. The lowest BCUT2D eigenvalue weighted by Gasteiger charge is -2.14. The molecule has 30 heavy (non-hydrogen) atoms. The summed E-state index contributed by atoms with van der Waals surface area (Å²) in [6.45, 7) is 0.209. The van der Waals surface area contributed by atoms with Crippen molar-refractivity contribution in [3.8, 4) is 11.5 Å². The summed E-state index contributed by atoms with van der Waals surface area (Å²) < 4.78 is 47.6. The molecule has 3 aromatic rings. The maximum Gasteiger partial charge on any atom is 0.163 e. The maximum atomic E-state index is 14.1. The molecule has 1 aromatic heterocycles. The maximum absolute atomic E-state index is 14.1. The third kappa shape index (κ3) is 6.07. The third-order valence-electron chi connectivity index (χ3n) is 4.02. The van der Waals surface area contributed by atoms with Crippen molar-refractivity contribution >= 4 is 56.3 Å². The second kappa shape index (κ2) is 10.1. The van der Waals surface area contributed by atoms with Gasteiger partial charge in [0.25, 0.3) is 0 Å². The fourth-order valence-corrected chi connectivity index (χ4v) is 3.46. The Labute approximate surface area is 184 Å². The Bertz CT molecular complexity index is 1150. The van der Waals surface area contributed by atoms with Gasteiger partial charge >= 0.3 is 0 Å². The number of fused-ring (bicyclic) bond motifs is 1. The van der Waals surface area contributed by atoms with Gasteiger partial charge in [0.15, 0.2) is 11.5 Å². The Balaban J connectivity index is 0.00000320. The van der Waals surface area contributed by atoms with Crippen molar-refractivity contribution in [3.05, 3.63) is 47.5 Å². The largest absolute Gasteiger partial charge is 0.493 e. The van der Waals surface area contributed by atoms with Gasteiger partial charge in [0.1, 0.15) is 27.8 Å². The fraction of sp³-hybridized carbons (Fsp3) is 0.263. The minimum absolute atomic E-state index is 0. The zero-order valence-corrected chi connectivity index (χ0v) is 18.6. The molecule has 1 N–H and O–H groups in total. The quantitative estimate of drug-likeness (QED) is 0.482. The van der Waals surface area contributed by atoms with Gasteiger partial charge < -0.3 is 14.8 Å². The van der Waals surface area contributed by atoms with E-state index >= 15 is 0 Å². The zero-order chi connectivity index (χ0) is 21.0. The lowest BCUT2D eigenvalue weighted by atomic mass is 10.2. The van der Waals surface area contributed by atoms with Crippen LogP contribution in [0.1, 0.15) is 6.42 Å². The number of methoxy groups -OCH3 is 1. The van der Waals surface area contributed by atoms with Crippen molar-refractivity contribution in [1.29, 1.82) is 0 Å². The Morgan fingerprint density at radius 2 is 1.93 bits per heavy atom. The van der Waals surface area contributed by atoms with Crippen LogP contribution >= 0.6 is 24.0 Å². The smallest absolute Gasteiger partial charge is 0.163 e. The van der Waals surface area contributed by atoms with Crippen LogP contribution in [0, 0.1) is 5.82 Å². The van der Waals surface area contributed by atoms with Gasteiger partial charge in [-0.2, -0.15) is 0 Å². The summed E-state index contributed by atoms with van der Waals surface area (Å²) in [6, 6.07) is 7.63. The van der Waals surface area contributed by atoms with Crippen LogP contribution in [0.2, 0.25) is 5.02 Å². The number of ether oxygens (including phenoxy) is 2. The third-order valence-corrected chi connectivity index (χ3v) is 5.29. The first kappa shape index (κ1) is 23.9. The number of benzene rings is 2. The number of rotatable bonds is 8. The van der Waals surface area contributed by atoms with Crippen LogP contribution in [0.4, 0.5) is 15.9 Å². The molecular formula is C19H20Cl2FN3O4S. The summed E-state index contributed by atoms with van der Waals surface area (Å²) in [5.74, 6) is 0.758. The average Bonchev–Trinajstić information content (AvgIpc) is 2.66. The molecule has 0 radical (unpaired) electrons. The molecule has 0 spiro atoms. The van der Waals surface area contributed by atoms with Crippen LogP contribution in [-0.4, -0.2) is 44.1 Å². The van der Waals surface area contributed by atoms with Gasteiger partial charge in [-0.3, -0.25) is 0 Å². The van der Waals surface area contributed by atoms with Crippen LogP contribution in [-0.2, 0) is 9.84 Å². The lowest BCUT2D eigenvalue weighted by molar-refractivity contribution is 0.295. The van der Waals surface area contributed by atoms with Crippen molar-refractivity contribution < 1.29 is 22.3 Å². The number of aromatic nitrogens is 2. The van der Waals surface area contributed by atoms with Crippen LogP contribution in [0.5, 0.6) is 11.5 Å². The first-order valence-corrected chi connectivity index (χ1v) is 11.1. The molecule has 0 bridgehead atoms. The molecule has 0 amide bonds. The monoisotopic (exact) mass is 475 g/mol. The Kier molecular flexibility index (Phi) is 8.05. The van der Waals surface area contributed by atoms with Crippen LogP contribution < -0.4 is 14.8 Å². The molecule has 0 aliphatic heterocycles. The molecule has 162 valence electrons. The fourth-order valence-electron chi connectivity index (χ4n) is 2.66. The molecule has 0 saturated heterocycles. The van der Waals surface area contributed by atoms with Crippen LogP contribution in [0.25, 0.3) is 10.9 Å². The van der Waals surface area contributed by atoms with Gasteiger partial charge in [-0.05, 0) is 30.7 Å². The molecule has 7 nitrogen and oxygen atoms in total. The standard InChI is InChI=1S/C19H19ClFN3O4S.ClH/c1-27-17-9-13-16(10-18(17)28-6-3-7-29(2,25)26)22-11-23-19(13)24-15-5-4-12(20)8-14(15)21;/h4-5,8-11H,3,6-7H2,1-2H3,(H,22,23,24);1H. The Morgan fingerprint density at radius 3 is 2.60 bits per heavy atom. The van der Waals surface area contributed by atoms with Crippen molar-refractivity contribution in [2.45, 2.75) is 6.42 Å². The van der Waals surface area contributed by atoms with E-state index in [1.54, 1.807) is 18.2 Å². The number of anilines is 2. The molecule has 0 aliphatic carbocycles. The summed E-state index contributed by atoms with van der Waals surface area (Å²) in [5, 5.41) is 3.83. The van der Waals surface area contributed by atoms with Gasteiger partial charge in [-0.15, -0.1) is 12.4 Å². The first-order valence-electron chi connectivity index (χ1n) is 8.62. The molecule has 1 heterocycles. The highest BCUT2D eigenvalue weighted by Gasteiger charge is 2.13. The Hall–Kier alpha value is -2.36. The number of nitrogens with zero attached hydrogens (tertiary/aromatic N) is 2. The number of hydrogen-bond acceptors (Lipinski definition) is 7. The molecule has 0 aliphatic rings. The first-order chi connectivity index (χ1) is 13.8. The van der Waals surface area contributed by atoms with E-state index in [0.717, 1.165) is 0 Å². The van der Waals surface area contributed by atoms with Crippen molar-refractivity contribution in [2.75, 3.05) is 31.0 Å². The number of halogens is 3. The van der Waals surface area contributed by atoms with E-state index in [0.29, 0.717) is 39.7 Å². The number of hydrogen-bond donors (Lipinski definition) is 1. The summed E-state index contributed by atoms with van der Waals surface area (Å²) in [6.07, 6.45) is 2.88. The van der Waals surface area contributed by atoms with Crippen LogP contribution in [0.15, 0.2) is 36.7 Å². The molecular weight excluding hydrogens is 456 g/mol. The van der Waals surface area contributed by atoms with Crippen molar-refractivity contribution in [3.63, 3.8) is 0 Å². The highest BCUT2D eigenvalue weighted by atomic mass is 35.5. The zero-order valence-electron chi connectivity index (χ0n) is 16.2. The summed E-state index contributed by atoms with van der Waals surface area (Å²) in [5.41, 5.74) is 0.769. The molecule has 0 atom stereocenters. The second-order valence-electron chi connectivity index (χ2n) is 6.32. The van der Waals surface area contributed by atoms with E-state index in [4.69, 9.17) is 21.1 Å². The van der Waals surface area contributed by atoms with Gasteiger partial charge in [0, 0.05) is 22.7 Å².